The van der Waals surface area contributed by atoms with Crippen LogP contribution in [0.3, 0.4) is 0 Å². The Morgan fingerprint density at radius 2 is 0.844 bits per heavy atom. The molecule has 0 aromatic carbocycles. The van der Waals surface area contributed by atoms with Gasteiger partial charge in [0.05, 0.1) is 26.4 Å². The third-order valence-corrected chi connectivity index (χ3v) is 14.8. The number of ether oxygens (including phenoxy) is 6. The molecule has 2 saturated heterocycles. The Hall–Kier alpha value is -2.05. The highest BCUT2D eigenvalue weighted by atomic mass is 16.7. The van der Waals surface area contributed by atoms with E-state index in [1.54, 1.807) is 0 Å². The number of aliphatic hydroxyl groups excluding tert-OH is 7. The summed E-state index contributed by atoms with van der Waals surface area (Å²) in [6.45, 7) is 3.60. The third-order valence-electron chi connectivity index (χ3n) is 14.8. The maximum atomic E-state index is 13.1. The molecule has 2 aliphatic rings. The maximum Gasteiger partial charge on any atom is 0.306 e. The van der Waals surface area contributed by atoms with Crippen LogP contribution in [0.25, 0.3) is 0 Å². The zero-order valence-electron chi connectivity index (χ0n) is 48.4. The second kappa shape index (κ2) is 49.7. The monoisotopic (exact) mass is 1090 g/mol. The highest BCUT2D eigenvalue weighted by Gasteiger charge is 2.47. The van der Waals surface area contributed by atoms with E-state index in [1.807, 2.05) is 0 Å². The van der Waals surface area contributed by atoms with Crippen molar-refractivity contribution in [3.8, 4) is 0 Å². The molecule has 77 heavy (non-hydrogen) atoms. The summed E-state index contributed by atoms with van der Waals surface area (Å²) in [6.07, 6.45) is 44.7. The lowest BCUT2D eigenvalue weighted by Gasteiger charge is -2.42. The van der Waals surface area contributed by atoms with E-state index in [1.165, 1.54) is 154 Å². The number of allylic oxidation sites excluding steroid dienone is 8. The molecular formula is C63H114O14. The summed E-state index contributed by atoms with van der Waals surface area (Å²) >= 11 is 0. The molecule has 2 heterocycles. The first-order chi connectivity index (χ1) is 37.6. The summed E-state index contributed by atoms with van der Waals surface area (Å²) in [4.78, 5) is 13.1. The molecule has 0 aromatic rings. The lowest BCUT2D eigenvalue weighted by Crippen LogP contribution is -2.61. The minimum Gasteiger partial charge on any atom is -0.457 e. The Bertz CT molecular complexity index is 1460. The zero-order valence-corrected chi connectivity index (χ0v) is 48.4. The first-order valence-corrected chi connectivity index (χ1v) is 31.2. The van der Waals surface area contributed by atoms with E-state index in [-0.39, 0.29) is 25.6 Å². The van der Waals surface area contributed by atoms with Gasteiger partial charge in [-0.2, -0.15) is 0 Å². The molecule has 0 amide bonds. The molecule has 11 atom stereocenters. The van der Waals surface area contributed by atoms with Crippen LogP contribution >= 0.6 is 0 Å². The van der Waals surface area contributed by atoms with E-state index in [0.717, 1.165) is 64.2 Å². The molecule has 7 N–H and O–H groups in total. The molecule has 14 heteroatoms. The van der Waals surface area contributed by atoms with Crippen molar-refractivity contribution in [3.63, 3.8) is 0 Å². The Morgan fingerprint density at radius 3 is 1.34 bits per heavy atom. The van der Waals surface area contributed by atoms with Crippen molar-refractivity contribution in [1.29, 1.82) is 0 Å². The fraction of sp³-hybridized carbons (Fsp3) is 0.857. The summed E-state index contributed by atoms with van der Waals surface area (Å²) in [6, 6.07) is 0. The Kier molecular flexibility index (Phi) is 45.9. The number of carbonyl (C=O) groups is 1. The second-order valence-corrected chi connectivity index (χ2v) is 21.8. The van der Waals surface area contributed by atoms with Crippen LogP contribution in [0.4, 0.5) is 0 Å². The molecule has 11 unspecified atom stereocenters. The second-order valence-electron chi connectivity index (χ2n) is 21.8. The van der Waals surface area contributed by atoms with Crippen LogP contribution in [0, 0.1) is 0 Å². The SMILES string of the molecule is CC/C=C\C/C=C\C/C=C\CCCCCCCCCC(=O)OC(COCCCCCCCCCCCCCCCC/C=C\CCCCCCCCCC)COC1OC(COC2OC(CO)C(O)C(O)C2O)C(O)C(O)C1O. The van der Waals surface area contributed by atoms with Crippen molar-refractivity contribution in [2.24, 2.45) is 0 Å². The van der Waals surface area contributed by atoms with E-state index in [2.05, 4.69) is 62.5 Å². The van der Waals surface area contributed by atoms with Gasteiger partial charge >= 0.3 is 5.97 Å². The average Bonchev–Trinajstić information content (AvgIpc) is 3.43. The van der Waals surface area contributed by atoms with Crippen LogP contribution in [0.15, 0.2) is 48.6 Å². The molecule has 0 spiro atoms. The van der Waals surface area contributed by atoms with Crippen LogP contribution in [-0.4, -0.2) is 142 Å². The van der Waals surface area contributed by atoms with Gasteiger partial charge in [0.1, 0.15) is 54.9 Å². The molecule has 2 fully saturated rings. The predicted octanol–water partition coefficient (Wildman–Crippen LogP) is 11.9. The Morgan fingerprint density at radius 1 is 0.442 bits per heavy atom. The van der Waals surface area contributed by atoms with E-state index < -0.39 is 80.7 Å². The van der Waals surface area contributed by atoms with Gasteiger partial charge in [0.15, 0.2) is 12.6 Å². The van der Waals surface area contributed by atoms with Gasteiger partial charge in [-0.3, -0.25) is 4.79 Å². The molecule has 450 valence electrons. The quantitative estimate of drug-likeness (QED) is 0.0172. The van der Waals surface area contributed by atoms with Crippen LogP contribution in [0.2, 0.25) is 0 Å². The summed E-state index contributed by atoms with van der Waals surface area (Å²) in [5, 5.41) is 72.4. The molecule has 0 aliphatic carbocycles. The van der Waals surface area contributed by atoms with Gasteiger partial charge in [-0.15, -0.1) is 0 Å². The molecular weight excluding hydrogens is 981 g/mol. The van der Waals surface area contributed by atoms with Crippen LogP contribution in [0.5, 0.6) is 0 Å². The largest absolute Gasteiger partial charge is 0.457 e. The average molecular weight is 1100 g/mol. The van der Waals surface area contributed by atoms with E-state index in [9.17, 15) is 40.5 Å². The number of hydrogen-bond donors (Lipinski definition) is 7. The molecule has 0 aromatic heterocycles. The number of aliphatic hydroxyl groups is 7. The number of esters is 1. The van der Waals surface area contributed by atoms with Crippen molar-refractivity contribution in [3.05, 3.63) is 48.6 Å². The molecule has 14 nitrogen and oxygen atoms in total. The molecule has 0 bridgehead atoms. The third kappa shape index (κ3) is 36.1. The lowest BCUT2D eigenvalue weighted by molar-refractivity contribution is -0.332. The number of hydrogen-bond acceptors (Lipinski definition) is 14. The summed E-state index contributed by atoms with van der Waals surface area (Å²) in [5.74, 6) is -0.384. The lowest BCUT2D eigenvalue weighted by atomic mass is 9.98. The Balaban J connectivity index is 1.66. The summed E-state index contributed by atoms with van der Waals surface area (Å²) < 4.78 is 34.4. The maximum absolute atomic E-state index is 13.1. The van der Waals surface area contributed by atoms with Gasteiger partial charge in [-0.1, -0.05) is 217 Å². The fourth-order valence-corrected chi connectivity index (χ4v) is 9.83. The topological polar surface area (TPSA) is 214 Å². The van der Waals surface area contributed by atoms with Crippen molar-refractivity contribution < 1.29 is 69.0 Å². The smallest absolute Gasteiger partial charge is 0.306 e. The van der Waals surface area contributed by atoms with Crippen molar-refractivity contribution in [1.82, 2.24) is 0 Å². The summed E-state index contributed by atoms with van der Waals surface area (Å²) in [7, 11) is 0. The first-order valence-electron chi connectivity index (χ1n) is 31.2. The van der Waals surface area contributed by atoms with Gasteiger partial charge in [0.2, 0.25) is 0 Å². The van der Waals surface area contributed by atoms with Crippen LogP contribution in [-0.2, 0) is 33.2 Å². The van der Waals surface area contributed by atoms with E-state index >= 15 is 0 Å². The van der Waals surface area contributed by atoms with Crippen molar-refractivity contribution in [2.45, 2.75) is 313 Å². The van der Waals surface area contributed by atoms with E-state index in [4.69, 9.17) is 28.4 Å². The van der Waals surface area contributed by atoms with E-state index in [0.29, 0.717) is 13.0 Å². The van der Waals surface area contributed by atoms with Gasteiger partial charge in [0.25, 0.3) is 0 Å². The van der Waals surface area contributed by atoms with Gasteiger partial charge in [-0.25, -0.2) is 0 Å². The predicted molar refractivity (Wildman–Crippen MR) is 307 cm³/mol. The highest BCUT2D eigenvalue weighted by Crippen LogP contribution is 2.27. The number of carbonyl (C=O) groups excluding carboxylic acids is 1. The van der Waals surface area contributed by atoms with Crippen LogP contribution in [0.1, 0.15) is 245 Å². The summed E-state index contributed by atoms with van der Waals surface area (Å²) in [5.41, 5.74) is 0. The van der Waals surface area contributed by atoms with Crippen molar-refractivity contribution >= 4 is 5.97 Å². The Labute approximate surface area is 467 Å². The molecule has 0 saturated carbocycles. The molecule has 0 radical (unpaired) electrons. The number of unbranched alkanes of at least 4 members (excludes halogenated alkanes) is 29. The van der Waals surface area contributed by atoms with Gasteiger partial charge in [-0.05, 0) is 70.6 Å². The highest BCUT2D eigenvalue weighted by molar-refractivity contribution is 5.69. The van der Waals surface area contributed by atoms with Gasteiger partial charge in [0, 0.05) is 13.0 Å². The fourth-order valence-electron chi connectivity index (χ4n) is 9.83. The first kappa shape index (κ1) is 71.1. The molecule has 2 aliphatic heterocycles. The molecule has 2 rings (SSSR count). The number of rotatable bonds is 51. The standard InChI is InChI=1S/C63H114O14/c1-3-5-7-9-11-13-15-17-19-21-22-23-24-25-26-27-28-29-31-33-35-37-39-41-43-45-47-72-49-52(75-55(65)46-44-42-40-38-36-34-32-30-20-18-16-14-12-10-8-6-4-2)50-73-62-61(71)59(69)57(67)54(77-62)51-74-63-60(70)58(68)56(66)53(48-64)76-63/h6,8,12,14,18,20-22,52-54,56-64,66-71H,3-5,7,9-11,13,15-17,19,23-51H2,1-2H3/b8-6-,14-12-,20-18-,22-21-. The minimum absolute atomic E-state index is 0.0582. The van der Waals surface area contributed by atoms with Gasteiger partial charge < -0.3 is 64.2 Å². The van der Waals surface area contributed by atoms with Crippen LogP contribution < -0.4 is 0 Å². The van der Waals surface area contributed by atoms with Crippen molar-refractivity contribution in [2.75, 3.05) is 33.0 Å². The normalized spacial score (nSPS) is 24.6. The zero-order chi connectivity index (χ0) is 55.8. The minimum atomic E-state index is -1.71.